The number of β-amino-alcohol motifs (C(OH)–C–C–N with tert-alkyl or cyclic N) is 1. The van der Waals surface area contributed by atoms with Crippen molar-refractivity contribution in [2.75, 3.05) is 32.7 Å². The number of nitrogens with zero attached hydrogens (tertiary/aromatic N) is 2. The smallest absolute Gasteiger partial charge is 0.225 e. The molecule has 1 aliphatic heterocycles. The van der Waals surface area contributed by atoms with Gasteiger partial charge < -0.3 is 10.0 Å². The molecule has 1 atom stereocenters. The molecule has 1 amide bonds. The lowest BCUT2D eigenvalue weighted by molar-refractivity contribution is -0.136. The van der Waals surface area contributed by atoms with E-state index in [1.807, 2.05) is 24.8 Å². The van der Waals surface area contributed by atoms with E-state index in [4.69, 9.17) is 0 Å². The van der Waals surface area contributed by atoms with Crippen molar-refractivity contribution in [2.24, 2.45) is 5.92 Å². The summed E-state index contributed by atoms with van der Waals surface area (Å²) < 4.78 is 0. The number of amides is 1. The Balaban J connectivity index is 2.26. The fraction of sp³-hybridized carbons (Fsp3) is 0.786. The third-order valence-corrected chi connectivity index (χ3v) is 3.35. The van der Waals surface area contributed by atoms with Crippen molar-refractivity contribution in [3.8, 4) is 0 Å². The molecule has 18 heavy (non-hydrogen) atoms. The van der Waals surface area contributed by atoms with E-state index in [-0.39, 0.29) is 17.9 Å². The van der Waals surface area contributed by atoms with Crippen molar-refractivity contribution in [2.45, 2.75) is 32.8 Å². The number of hydrogen-bond donors (Lipinski definition) is 1. The van der Waals surface area contributed by atoms with Gasteiger partial charge in [0.2, 0.25) is 5.91 Å². The molecule has 0 aromatic carbocycles. The van der Waals surface area contributed by atoms with Crippen LogP contribution in [0.5, 0.6) is 0 Å². The van der Waals surface area contributed by atoms with Crippen LogP contribution in [0.3, 0.4) is 0 Å². The topological polar surface area (TPSA) is 43.8 Å². The molecule has 0 aliphatic carbocycles. The molecule has 0 aromatic rings. The summed E-state index contributed by atoms with van der Waals surface area (Å²) in [5, 5.41) is 9.83. The van der Waals surface area contributed by atoms with Gasteiger partial charge in [-0.2, -0.15) is 0 Å². The SMILES string of the molecule is C=CCC[C@H](O)CN1CCN(C(=O)C(C)C)CC1. The van der Waals surface area contributed by atoms with E-state index in [0.29, 0.717) is 6.54 Å². The first-order valence-electron chi connectivity index (χ1n) is 6.84. The summed E-state index contributed by atoms with van der Waals surface area (Å²) >= 11 is 0. The van der Waals surface area contributed by atoms with Crippen LogP contribution in [0.15, 0.2) is 12.7 Å². The first kappa shape index (κ1) is 15.2. The molecule has 1 rings (SSSR count). The quantitative estimate of drug-likeness (QED) is 0.722. The molecule has 0 radical (unpaired) electrons. The third kappa shape index (κ3) is 4.78. The summed E-state index contributed by atoms with van der Waals surface area (Å²) in [6.45, 7) is 11.5. The molecule has 4 nitrogen and oxygen atoms in total. The van der Waals surface area contributed by atoms with E-state index in [0.717, 1.165) is 39.0 Å². The highest BCUT2D eigenvalue weighted by molar-refractivity contribution is 5.78. The molecule has 1 N–H and O–H groups in total. The molecule has 1 fully saturated rings. The molecular formula is C14H26N2O2. The van der Waals surface area contributed by atoms with E-state index in [2.05, 4.69) is 11.5 Å². The molecule has 1 saturated heterocycles. The van der Waals surface area contributed by atoms with Gasteiger partial charge in [-0.3, -0.25) is 9.69 Å². The predicted molar refractivity (Wildman–Crippen MR) is 73.3 cm³/mol. The molecular weight excluding hydrogens is 228 g/mol. The van der Waals surface area contributed by atoms with Gasteiger partial charge in [0, 0.05) is 38.6 Å². The Kier molecular flexibility index (Phi) is 6.36. The zero-order valence-corrected chi connectivity index (χ0v) is 11.6. The van der Waals surface area contributed by atoms with Gasteiger partial charge in [0.25, 0.3) is 0 Å². The standard InChI is InChI=1S/C14H26N2O2/c1-4-5-6-13(17)11-15-7-9-16(10-8-15)14(18)12(2)3/h4,12-13,17H,1,5-11H2,2-3H3/t13-/m0/s1. The average Bonchev–Trinajstić information content (AvgIpc) is 2.36. The van der Waals surface area contributed by atoms with E-state index in [9.17, 15) is 9.90 Å². The Morgan fingerprint density at radius 1 is 1.33 bits per heavy atom. The Morgan fingerprint density at radius 3 is 2.44 bits per heavy atom. The highest BCUT2D eigenvalue weighted by atomic mass is 16.3. The van der Waals surface area contributed by atoms with Crippen LogP contribution in [0.1, 0.15) is 26.7 Å². The molecule has 104 valence electrons. The van der Waals surface area contributed by atoms with Gasteiger partial charge in [0.05, 0.1) is 6.10 Å². The molecule has 1 heterocycles. The van der Waals surface area contributed by atoms with Crippen LogP contribution < -0.4 is 0 Å². The van der Waals surface area contributed by atoms with Crippen LogP contribution in [0.2, 0.25) is 0 Å². The van der Waals surface area contributed by atoms with Crippen LogP contribution >= 0.6 is 0 Å². The fourth-order valence-electron chi connectivity index (χ4n) is 2.22. The number of carbonyl (C=O) groups excluding carboxylic acids is 1. The number of rotatable bonds is 6. The van der Waals surface area contributed by atoms with E-state index in [1.165, 1.54) is 0 Å². The fourth-order valence-corrected chi connectivity index (χ4v) is 2.22. The number of allylic oxidation sites excluding steroid dienone is 1. The van der Waals surface area contributed by atoms with E-state index in [1.54, 1.807) is 0 Å². The molecule has 0 spiro atoms. The average molecular weight is 254 g/mol. The Labute approximate surface area is 110 Å². The van der Waals surface area contributed by atoms with Crippen LogP contribution in [0, 0.1) is 5.92 Å². The molecule has 0 saturated carbocycles. The number of piperazine rings is 1. The molecule has 0 aromatic heterocycles. The summed E-state index contributed by atoms with van der Waals surface area (Å²) in [7, 11) is 0. The minimum Gasteiger partial charge on any atom is -0.392 e. The normalized spacial score (nSPS) is 19.0. The second-order valence-electron chi connectivity index (χ2n) is 5.30. The second-order valence-corrected chi connectivity index (χ2v) is 5.30. The number of carbonyl (C=O) groups is 1. The maximum atomic E-state index is 11.8. The largest absolute Gasteiger partial charge is 0.392 e. The second kappa shape index (κ2) is 7.54. The van der Waals surface area contributed by atoms with Crippen molar-refractivity contribution in [1.29, 1.82) is 0 Å². The van der Waals surface area contributed by atoms with Gasteiger partial charge in [-0.1, -0.05) is 19.9 Å². The van der Waals surface area contributed by atoms with Gasteiger partial charge >= 0.3 is 0 Å². The Morgan fingerprint density at radius 2 is 1.94 bits per heavy atom. The van der Waals surface area contributed by atoms with Crippen molar-refractivity contribution in [1.82, 2.24) is 9.80 Å². The van der Waals surface area contributed by atoms with Crippen LogP contribution in [0.25, 0.3) is 0 Å². The van der Waals surface area contributed by atoms with Crippen molar-refractivity contribution < 1.29 is 9.90 Å². The Hall–Kier alpha value is -0.870. The zero-order valence-electron chi connectivity index (χ0n) is 11.6. The molecule has 4 heteroatoms. The summed E-state index contributed by atoms with van der Waals surface area (Å²) in [5.74, 6) is 0.316. The predicted octanol–water partition coefficient (Wildman–Crippen LogP) is 1.11. The monoisotopic (exact) mass is 254 g/mol. The van der Waals surface area contributed by atoms with Crippen LogP contribution in [-0.4, -0.2) is 59.6 Å². The summed E-state index contributed by atoms with van der Waals surface area (Å²) in [4.78, 5) is 16.0. The third-order valence-electron chi connectivity index (χ3n) is 3.35. The van der Waals surface area contributed by atoms with Crippen molar-refractivity contribution in [3.63, 3.8) is 0 Å². The van der Waals surface area contributed by atoms with Gasteiger partial charge in [-0.05, 0) is 12.8 Å². The Bertz CT molecular complexity index is 271. The van der Waals surface area contributed by atoms with Crippen molar-refractivity contribution in [3.05, 3.63) is 12.7 Å². The van der Waals surface area contributed by atoms with Crippen LogP contribution in [0.4, 0.5) is 0 Å². The minimum atomic E-state index is -0.282. The highest BCUT2D eigenvalue weighted by Crippen LogP contribution is 2.08. The summed E-state index contributed by atoms with van der Waals surface area (Å²) in [5.41, 5.74) is 0. The van der Waals surface area contributed by atoms with Crippen LogP contribution in [-0.2, 0) is 4.79 Å². The molecule has 0 bridgehead atoms. The lowest BCUT2D eigenvalue weighted by Crippen LogP contribution is -2.51. The highest BCUT2D eigenvalue weighted by Gasteiger charge is 2.23. The summed E-state index contributed by atoms with van der Waals surface area (Å²) in [6.07, 6.45) is 3.18. The molecule has 1 aliphatic rings. The number of aliphatic hydroxyl groups excluding tert-OH is 1. The maximum absolute atomic E-state index is 11.8. The first-order chi connectivity index (χ1) is 8.54. The summed E-state index contributed by atoms with van der Waals surface area (Å²) in [6, 6.07) is 0. The molecule has 0 unspecified atom stereocenters. The van der Waals surface area contributed by atoms with E-state index < -0.39 is 0 Å². The lowest BCUT2D eigenvalue weighted by Gasteiger charge is -2.36. The minimum absolute atomic E-state index is 0.0785. The van der Waals surface area contributed by atoms with E-state index >= 15 is 0 Å². The van der Waals surface area contributed by atoms with Gasteiger partial charge in [0.1, 0.15) is 0 Å². The van der Waals surface area contributed by atoms with Gasteiger partial charge in [-0.25, -0.2) is 0 Å². The maximum Gasteiger partial charge on any atom is 0.225 e. The van der Waals surface area contributed by atoms with Crippen molar-refractivity contribution >= 4 is 5.91 Å². The lowest BCUT2D eigenvalue weighted by atomic mass is 10.1. The van der Waals surface area contributed by atoms with Gasteiger partial charge in [-0.15, -0.1) is 6.58 Å². The van der Waals surface area contributed by atoms with Gasteiger partial charge in [0.15, 0.2) is 0 Å². The zero-order chi connectivity index (χ0) is 13.5. The number of aliphatic hydroxyl groups is 1. The number of hydrogen-bond acceptors (Lipinski definition) is 3. The first-order valence-corrected chi connectivity index (χ1v) is 6.84.